The predicted molar refractivity (Wildman–Crippen MR) is 157 cm³/mol. The first-order chi connectivity index (χ1) is 18.1. The molecule has 2 nitrogen and oxygen atoms in total. The maximum Gasteiger partial charge on any atom is 0.0800 e. The summed E-state index contributed by atoms with van der Waals surface area (Å²) < 4.78 is 0. The monoisotopic (exact) mass is 487 g/mol. The maximum absolute atomic E-state index is 12.1. The Balaban J connectivity index is 1.62. The Labute approximate surface area is 221 Å². The van der Waals surface area contributed by atoms with Crippen molar-refractivity contribution in [3.05, 3.63) is 132 Å². The smallest absolute Gasteiger partial charge is 0.0800 e. The van der Waals surface area contributed by atoms with E-state index >= 15 is 0 Å². The molecule has 0 heterocycles. The van der Waals surface area contributed by atoms with E-state index in [0.29, 0.717) is 12.8 Å². The van der Waals surface area contributed by atoms with Crippen LogP contribution in [0.3, 0.4) is 0 Å². The van der Waals surface area contributed by atoms with Crippen LogP contribution >= 0.6 is 0 Å². The van der Waals surface area contributed by atoms with Gasteiger partial charge in [0.1, 0.15) is 0 Å². The van der Waals surface area contributed by atoms with Gasteiger partial charge in [-0.3, -0.25) is 4.90 Å². The molecule has 2 heteroatoms. The zero-order chi connectivity index (χ0) is 25.7. The van der Waals surface area contributed by atoms with E-state index in [4.69, 9.17) is 0 Å². The van der Waals surface area contributed by atoms with E-state index < -0.39 is 5.60 Å². The number of nitrogens with zero attached hydrogens (tertiary/aromatic N) is 1. The molecule has 0 spiro atoms. The van der Waals surface area contributed by atoms with Crippen LogP contribution in [0.25, 0.3) is 21.5 Å². The molecule has 0 aliphatic heterocycles. The minimum Gasteiger partial charge on any atom is -0.388 e. The summed E-state index contributed by atoms with van der Waals surface area (Å²) in [5, 5.41) is 17.1. The predicted octanol–water partition coefficient (Wildman–Crippen LogP) is 8.16. The third-order valence-electron chi connectivity index (χ3n) is 8.06. The molecule has 0 aliphatic rings. The zero-order valence-corrected chi connectivity index (χ0v) is 22.0. The minimum atomic E-state index is -0.801. The molecule has 0 aromatic heterocycles. The molecule has 0 radical (unpaired) electrons. The quantitative estimate of drug-likeness (QED) is 0.215. The van der Waals surface area contributed by atoms with Gasteiger partial charge in [0.25, 0.3) is 0 Å². The zero-order valence-electron chi connectivity index (χ0n) is 22.0. The van der Waals surface area contributed by atoms with Crippen LogP contribution in [-0.2, 0) is 19.5 Å². The van der Waals surface area contributed by atoms with Crippen molar-refractivity contribution in [2.24, 2.45) is 0 Å². The average Bonchev–Trinajstić information content (AvgIpc) is 2.96. The molecule has 5 rings (SSSR count). The summed E-state index contributed by atoms with van der Waals surface area (Å²) in [7, 11) is 0. The molecule has 0 saturated heterocycles. The summed E-state index contributed by atoms with van der Waals surface area (Å²) in [6.07, 6.45) is 2.22. The number of fused-ring (bicyclic) bond motifs is 2. The van der Waals surface area contributed by atoms with Crippen molar-refractivity contribution in [2.75, 3.05) is 0 Å². The third kappa shape index (κ3) is 5.46. The van der Waals surface area contributed by atoms with E-state index in [0.717, 1.165) is 19.5 Å². The summed E-state index contributed by atoms with van der Waals surface area (Å²) in [6.45, 7) is 5.78. The Kier molecular flexibility index (Phi) is 7.69. The lowest BCUT2D eigenvalue weighted by Crippen LogP contribution is -2.53. The second-order valence-electron chi connectivity index (χ2n) is 10.2. The highest BCUT2D eigenvalue weighted by atomic mass is 16.3. The first kappa shape index (κ1) is 25.2. The normalized spacial score (nSPS) is 12.9. The van der Waals surface area contributed by atoms with Gasteiger partial charge in [-0.25, -0.2) is 0 Å². The van der Waals surface area contributed by atoms with Crippen LogP contribution in [0.15, 0.2) is 115 Å². The van der Waals surface area contributed by atoms with Crippen molar-refractivity contribution in [3.8, 4) is 0 Å². The molecular formula is C35H37NO. The Morgan fingerprint density at radius 1 is 0.595 bits per heavy atom. The van der Waals surface area contributed by atoms with Gasteiger partial charge in [-0.2, -0.15) is 0 Å². The number of aliphatic hydroxyl groups is 1. The van der Waals surface area contributed by atoms with Crippen LogP contribution in [0.5, 0.6) is 0 Å². The fourth-order valence-electron chi connectivity index (χ4n) is 5.79. The molecule has 0 aliphatic carbocycles. The fraction of sp³-hybridized carbons (Fsp3) is 0.257. The summed E-state index contributed by atoms with van der Waals surface area (Å²) >= 11 is 0. The lowest BCUT2D eigenvalue weighted by molar-refractivity contribution is -0.0595. The van der Waals surface area contributed by atoms with Gasteiger partial charge in [0.2, 0.25) is 0 Å². The van der Waals surface area contributed by atoms with Crippen LogP contribution in [0, 0.1) is 0 Å². The molecule has 0 bridgehead atoms. The van der Waals surface area contributed by atoms with Gasteiger partial charge in [0, 0.05) is 19.1 Å². The Bertz CT molecular complexity index is 1360. The number of hydrogen-bond donors (Lipinski definition) is 1. The lowest BCUT2D eigenvalue weighted by atomic mass is 9.83. The van der Waals surface area contributed by atoms with Crippen LogP contribution in [-0.4, -0.2) is 21.6 Å². The van der Waals surface area contributed by atoms with Crippen molar-refractivity contribution >= 4 is 21.5 Å². The van der Waals surface area contributed by atoms with E-state index in [-0.39, 0.29) is 6.04 Å². The Hall–Kier alpha value is -3.46. The molecule has 0 unspecified atom stereocenters. The average molecular weight is 488 g/mol. The van der Waals surface area contributed by atoms with Crippen LogP contribution in [0.4, 0.5) is 0 Å². The van der Waals surface area contributed by atoms with Crippen LogP contribution in [0.1, 0.15) is 43.4 Å². The van der Waals surface area contributed by atoms with Gasteiger partial charge in [0.05, 0.1) is 5.60 Å². The second kappa shape index (κ2) is 11.3. The topological polar surface area (TPSA) is 23.5 Å². The first-order valence-corrected chi connectivity index (χ1v) is 13.5. The van der Waals surface area contributed by atoms with Gasteiger partial charge >= 0.3 is 0 Å². The summed E-state index contributed by atoms with van der Waals surface area (Å²) in [5.41, 5.74) is 3.05. The summed E-state index contributed by atoms with van der Waals surface area (Å²) in [4.78, 5) is 2.53. The van der Waals surface area contributed by atoms with Gasteiger partial charge in [-0.15, -0.1) is 0 Å². The summed E-state index contributed by atoms with van der Waals surface area (Å²) in [6, 6.07) is 41.0. The van der Waals surface area contributed by atoms with Gasteiger partial charge < -0.3 is 5.11 Å². The Morgan fingerprint density at radius 2 is 1.05 bits per heavy atom. The standard InChI is InChI=1S/C35H37NO/c1-3-35(37,4-2)34(24-27-14-6-5-7-15-27)36(25-30-20-12-18-28-16-8-10-22-32(28)30)26-31-21-13-19-29-17-9-11-23-33(29)31/h5-23,34,37H,3-4,24-26H2,1-2H3/t34-/m1/s1. The van der Waals surface area contributed by atoms with Gasteiger partial charge in [-0.05, 0) is 57.5 Å². The largest absolute Gasteiger partial charge is 0.388 e. The van der Waals surface area contributed by atoms with Crippen molar-refractivity contribution in [1.82, 2.24) is 4.90 Å². The van der Waals surface area contributed by atoms with E-state index in [1.807, 2.05) is 0 Å². The molecule has 37 heavy (non-hydrogen) atoms. The molecule has 5 aromatic carbocycles. The van der Waals surface area contributed by atoms with Crippen LogP contribution < -0.4 is 0 Å². The van der Waals surface area contributed by atoms with Crippen LogP contribution in [0.2, 0.25) is 0 Å². The van der Waals surface area contributed by atoms with Crippen molar-refractivity contribution in [2.45, 2.75) is 57.8 Å². The molecular weight excluding hydrogens is 450 g/mol. The first-order valence-electron chi connectivity index (χ1n) is 13.5. The molecule has 188 valence electrons. The molecule has 0 saturated carbocycles. The molecule has 1 N–H and O–H groups in total. The highest BCUT2D eigenvalue weighted by molar-refractivity contribution is 5.86. The van der Waals surface area contributed by atoms with Crippen molar-refractivity contribution in [1.29, 1.82) is 0 Å². The highest BCUT2D eigenvalue weighted by Gasteiger charge is 2.38. The SMILES string of the molecule is CCC(O)(CC)[C@@H](Cc1ccccc1)N(Cc1cccc2ccccc12)Cc1cccc2ccccc12. The highest BCUT2D eigenvalue weighted by Crippen LogP contribution is 2.32. The van der Waals surface area contributed by atoms with Crippen molar-refractivity contribution < 1.29 is 5.11 Å². The lowest BCUT2D eigenvalue weighted by Gasteiger charge is -2.43. The van der Waals surface area contributed by atoms with E-state index in [2.05, 4.69) is 134 Å². The molecule has 1 atom stereocenters. The van der Waals surface area contributed by atoms with E-state index in [9.17, 15) is 5.11 Å². The summed E-state index contributed by atoms with van der Waals surface area (Å²) in [5.74, 6) is 0. The number of hydrogen-bond acceptors (Lipinski definition) is 2. The minimum absolute atomic E-state index is 0.0390. The molecule has 5 aromatic rings. The molecule has 0 fully saturated rings. The number of benzene rings is 5. The van der Waals surface area contributed by atoms with Gasteiger partial charge in [0.15, 0.2) is 0 Å². The molecule has 0 amide bonds. The van der Waals surface area contributed by atoms with Gasteiger partial charge in [-0.1, -0.05) is 129 Å². The Morgan fingerprint density at radius 3 is 1.57 bits per heavy atom. The van der Waals surface area contributed by atoms with E-state index in [1.54, 1.807) is 0 Å². The number of rotatable bonds is 10. The maximum atomic E-state index is 12.1. The fourth-order valence-corrected chi connectivity index (χ4v) is 5.79. The second-order valence-corrected chi connectivity index (χ2v) is 10.2. The van der Waals surface area contributed by atoms with Crippen molar-refractivity contribution in [3.63, 3.8) is 0 Å². The van der Waals surface area contributed by atoms with E-state index in [1.165, 1.54) is 38.2 Å². The third-order valence-corrected chi connectivity index (χ3v) is 8.06.